The summed E-state index contributed by atoms with van der Waals surface area (Å²) in [5.41, 5.74) is 1.58. The van der Waals surface area contributed by atoms with E-state index < -0.39 is 11.2 Å². The lowest BCUT2D eigenvalue weighted by Gasteiger charge is -2.44. The molecule has 3 nitrogen and oxygen atoms in total. The third-order valence-electron chi connectivity index (χ3n) is 6.40. The summed E-state index contributed by atoms with van der Waals surface area (Å²) in [6.45, 7) is 6.02. The van der Waals surface area contributed by atoms with Crippen molar-refractivity contribution in [1.82, 2.24) is 0 Å². The summed E-state index contributed by atoms with van der Waals surface area (Å²) >= 11 is 0. The monoisotopic (exact) mass is 394 g/mol. The molecule has 2 fully saturated rings. The van der Waals surface area contributed by atoms with Crippen molar-refractivity contribution in [2.75, 3.05) is 13.2 Å². The molecular weight excluding hydrogens is 360 g/mol. The Kier molecular flexibility index (Phi) is 6.38. The molecule has 4 atom stereocenters. The van der Waals surface area contributed by atoms with Crippen LogP contribution in [0.2, 0.25) is 0 Å². The van der Waals surface area contributed by atoms with Gasteiger partial charge in [-0.25, -0.2) is 0 Å². The van der Waals surface area contributed by atoms with E-state index in [-0.39, 0.29) is 12.2 Å². The van der Waals surface area contributed by atoms with E-state index in [1.807, 2.05) is 0 Å². The molecule has 2 aliphatic rings. The van der Waals surface area contributed by atoms with Gasteiger partial charge in [0.2, 0.25) is 0 Å². The maximum absolute atomic E-state index is 7.40. The van der Waals surface area contributed by atoms with E-state index >= 15 is 0 Å². The zero-order valence-electron chi connectivity index (χ0n) is 17.8. The zero-order chi connectivity index (χ0) is 20.2. The molecule has 3 heteroatoms. The second-order valence-corrected chi connectivity index (χ2v) is 8.46. The highest BCUT2D eigenvalue weighted by molar-refractivity contribution is 5.30. The van der Waals surface area contributed by atoms with Gasteiger partial charge < -0.3 is 14.2 Å². The Morgan fingerprint density at radius 1 is 0.724 bits per heavy atom. The van der Waals surface area contributed by atoms with Gasteiger partial charge in [-0.2, -0.15) is 0 Å². The van der Waals surface area contributed by atoms with Crippen LogP contribution >= 0.6 is 0 Å². The largest absolute Gasteiger partial charge is 0.370 e. The quantitative estimate of drug-likeness (QED) is 0.416. The van der Waals surface area contributed by atoms with Gasteiger partial charge in [0, 0.05) is 0 Å². The molecule has 2 aromatic rings. The Bertz CT molecular complexity index is 689. The summed E-state index contributed by atoms with van der Waals surface area (Å²) in [6.07, 6.45) is 6.64. The standard InChI is InChI=1S/C26H34O3/c1-3-5-17-25(23-19-27-23,21-13-9-7-10-14-21)29-26(18-6-4-2,24-20-28-24)22-15-11-8-12-16-22/h7-16,23-24H,3-6,17-20H2,1-2H3/t23?,24?,25-,26-/m1/s1. The summed E-state index contributed by atoms with van der Waals surface area (Å²) in [5.74, 6) is 0. The Labute approximate surface area is 175 Å². The van der Waals surface area contributed by atoms with Crippen LogP contribution in [0.5, 0.6) is 0 Å². The Morgan fingerprint density at radius 2 is 1.10 bits per heavy atom. The molecule has 0 N–H and O–H groups in total. The lowest BCUT2D eigenvalue weighted by molar-refractivity contribution is -0.197. The highest BCUT2D eigenvalue weighted by atomic mass is 16.6. The Morgan fingerprint density at radius 3 is 1.41 bits per heavy atom. The third kappa shape index (κ3) is 4.28. The highest BCUT2D eigenvalue weighted by Crippen LogP contribution is 2.52. The second kappa shape index (κ2) is 8.99. The van der Waals surface area contributed by atoms with Crippen LogP contribution < -0.4 is 0 Å². The topological polar surface area (TPSA) is 34.3 Å². The summed E-state index contributed by atoms with van der Waals surface area (Å²) in [4.78, 5) is 0. The molecular formula is C26H34O3. The molecule has 0 aliphatic carbocycles. The fraction of sp³-hybridized carbons (Fsp3) is 0.538. The van der Waals surface area contributed by atoms with Crippen LogP contribution in [-0.4, -0.2) is 25.4 Å². The van der Waals surface area contributed by atoms with Crippen molar-refractivity contribution >= 4 is 0 Å². The summed E-state index contributed by atoms with van der Waals surface area (Å²) < 4.78 is 19.3. The van der Waals surface area contributed by atoms with Gasteiger partial charge in [0.05, 0.1) is 13.2 Å². The highest BCUT2D eigenvalue weighted by Gasteiger charge is 2.58. The van der Waals surface area contributed by atoms with Gasteiger partial charge >= 0.3 is 0 Å². The molecule has 0 bridgehead atoms. The summed E-state index contributed by atoms with van der Waals surface area (Å²) in [6, 6.07) is 21.5. The normalized spacial score (nSPS) is 24.5. The molecule has 29 heavy (non-hydrogen) atoms. The minimum absolute atomic E-state index is 0.111. The first kappa shape index (κ1) is 20.6. The summed E-state index contributed by atoms with van der Waals surface area (Å²) in [5, 5.41) is 0. The molecule has 0 amide bonds. The number of hydrogen-bond acceptors (Lipinski definition) is 3. The van der Waals surface area contributed by atoms with Gasteiger partial charge in [-0.1, -0.05) is 100 Å². The zero-order valence-corrected chi connectivity index (χ0v) is 17.8. The van der Waals surface area contributed by atoms with Gasteiger partial charge in [0.25, 0.3) is 0 Å². The van der Waals surface area contributed by atoms with E-state index in [1.165, 1.54) is 11.1 Å². The van der Waals surface area contributed by atoms with E-state index in [9.17, 15) is 0 Å². The molecule has 2 unspecified atom stereocenters. The van der Waals surface area contributed by atoms with Crippen LogP contribution in [0.3, 0.4) is 0 Å². The van der Waals surface area contributed by atoms with E-state index in [1.54, 1.807) is 0 Å². The van der Waals surface area contributed by atoms with Gasteiger partial charge in [0.1, 0.15) is 23.4 Å². The predicted octanol–water partition coefficient (Wildman–Crippen LogP) is 5.97. The first-order valence-corrected chi connectivity index (χ1v) is 11.3. The lowest BCUT2D eigenvalue weighted by Crippen LogP contribution is -2.48. The minimum Gasteiger partial charge on any atom is -0.370 e. The van der Waals surface area contributed by atoms with Crippen molar-refractivity contribution in [2.24, 2.45) is 0 Å². The second-order valence-electron chi connectivity index (χ2n) is 8.46. The first-order chi connectivity index (χ1) is 14.2. The van der Waals surface area contributed by atoms with E-state index in [0.717, 1.165) is 51.7 Å². The van der Waals surface area contributed by atoms with Crippen molar-refractivity contribution in [1.29, 1.82) is 0 Å². The number of benzene rings is 2. The maximum Gasteiger partial charge on any atom is 0.123 e. The van der Waals surface area contributed by atoms with Crippen molar-refractivity contribution in [3.8, 4) is 0 Å². The van der Waals surface area contributed by atoms with Crippen molar-refractivity contribution < 1.29 is 14.2 Å². The van der Waals surface area contributed by atoms with Crippen LogP contribution in [0.1, 0.15) is 63.5 Å². The third-order valence-corrected chi connectivity index (χ3v) is 6.40. The molecule has 0 radical (unpaired) electrons. The Balaban J connectivity index is 1.80. The van der Waals surface area contributed by atoms with Crippen molar-refractivity contribution in [3.63, 3.8) is 0 Å². The average molecular weight is 395 g/mol. The fourth-order valence-corrected chi connectivity index (χ4v) is 4.61. The van der Waals surface area contributed by atoms with Crippen molar-refractivity contribution in [2.45, 2.75) is 75.8 Å². The molecule has 2 heterocycles. The van der Waals surface area contributed by atoms with Crippen LogP contribution in [0.25, 0.3) is 0 Å². The first-order valence-electron chi connectivity index (χ1n) is 11.3. The van der Waals surface area contributed by atoms with Crippen LogP contribution in [0, 0.1) is 0 Å². The molecule has 2 aromatic carbocycles. The number of hydrogen-bond donors (Lipinski definition) is 0. The van der Waals surface area contributed by atoms with Crippen molar-refractivity contribution in [3.05, 3.63) is 71.8 Å². The SMILES string of the molecule is CCCC[C@@](O[C@](CCCC)(c1ccccc1)C1CO1)(c1ccccc1)C1CO1. The van der Waals surface area contributed by atoms with E-state index in [0.29, 0.717) is 0 Å². The van der Waals surface area contributed by atoms with Crippen LogP contribution in [0.15, 0.2) is 60.7 Å². The van der Waals surface area contributed by atoms with E-state index in [4.69, 9.17) is 14.2 Å². The number of rotatable bonds is 12. The molecule has 2 saturated heterocycles. The van der Waals surface area contributed by atoms with Crippen LogP contribution in [-0.2, 0) is 25.4 Å². The average Bonchev–Trinajstić information content (AvgIpc) is 3.67. The van der Waals surface area contributed by atoms with Gasteiger partial charge in [-0.3, -0.25) is 0 Å². The molecule has 0 spiro atoms. The number of ether oxygens (including phenoxy) is 3. The Hall–Kier alpha value is -1.68. The van der Waals surface area contributed by atoms with Gasteiger partial charge in [-0.15, -0.1) is 0 Å². The molecule has 0 saturated carbocycles. The molecule has 156 valence electrons. The number of unbranched alkanes of at least 4 members (excludes halogenated alkanes) is 2. The van der Waals surface area contributed by atoms with Gasteiger partial charge in [0.15, 0.2) is 0 Å². The van der Waals surface area contributed by atoms with Gasteiger partial charge in [-0.05, 0) is 24.0 Å². The maximum atomic E-state index is 7.40. The van der Waals surface area contributed by atoms with Crippen LogP contribution in [0.4, 0.5) is 0 Å². The van der Waals surface area contributed by atoms with E-state index in [2.05, 4.69) is 74.5 Å². The lowest BCUT2D eigenvalue weighted by atomic mass is 9.80. The fourth-order valence-electron chi connectivity index (χ4n) is 4.61. The smallest absolute Gasteiger partial charge is 0.123 e. The molecule has 2 aliphatic heterocycles. The summed E-state index contributed by atoms with van der Waals surface area (Å²) in [7, 11) is 0. The molecule has 4 rings (SSSR count). The molecule has 0 aromatic heterocycles. The predicted molar refractivity (Wildman–Crippen MR) is 116 cm³/mol. The minimum atomic E-state index is -0.438. The number of epoxide rings is 2.